The van der Waals surface area contributed by atoms with Crippen molar-refractivity contribution in [2.75, 3.05) is 10.7 Å². The molecular formula is C13H13NO4S. The molecule has 6 heteroatoms. The number of benzene rings is 1. The second kappa shape index (κ2) is 5.88. The number of aliphatic carboxylic acids is 1. The first-order valence-corrected chi connectivity index (χ1v) is 6.89. The Kier molecular flexibility index (Phi) is 4.21. The molecule has 0 unspecified atom stereocenters. The molecule has 5 nitrogen and oxygen atoms in total. The zero-order valence-corrected chi connectivity index (χ0v) is 10.9. The minimum atomic E-state index is -0.899. The zero-order chi connectivity index (χ0) is 13.8. The molecule has 0 bridgehead atoms. The molecule has 0 spiro atoms. The molecule has 0 aromatic heterocycles. The van der Waals surface area contributed by atoms with E-state index >= 15 is 0 Å². The zero-order valence-electron chi connectivity index (χ0n) is 10.1. The third kappa shape index (κ3) is 3.14. The fourth-order valence-electron chi connectivity index (χ4n) is 1.87. The number of carboxylic acid groups (broad SMARTS) is 1. The number of amides is 2. The van der Waals surface area contributed by atoms with Crippen LogP contribution in [0.3, 0.4) is 0 Å². The molecular weight excluding hydrogens is 266 g/mol. The summed E-state index contributed by atoms with van der Waals surface area (Å²) in [6.45, 7) is 0. The van der Waals surface area contributed by atoms with Gasteiger partial charge in [-0.25, -0.2) is 4.90 Å². The summed E-state index contributed by atoms with van der Waals surface area (Å²) in [5.41, 5.74) is 0.568. The Labute approximate surface area is 114 Å². The topological polar surface area (TPSA) is 74.7 Å². The van der Waals surface area contributed by atoms with E-state index in [0.717, 1.165) is 0 Å². The SMILES string of the molecule is O=C(O)CCS[C@H]1CC(=O)N(c2ccccc2)C1=O. The summed E-state index contributed by atoms with van der Waals surface area (Å²) in [4.78, 5) is 35.6. The van der Waals surface area contributed by atoms with Crippen molar-refractivity contribution in [1.29, 1.82) is 0 Å². The maximum absolute atomic E-state index is 12.1. The van der Waals surface area contributed by atoms with Crippen molar-refractivity contribution in [2.24, 2.45) is 0 Å². The van der Waals surface area contributed by atoms with Gasteiger partial charge in [-0.15, -0.1) is 11.8 Å². The first kappa shape index (κ1) is 13.6. The van der Waals surface area contributed by atoms with Crippen molar-refractivity contribution < 1.29 is 19.5 Å². The number of thioether (sulfide) groups is 1. The van der Waals surface area contributed by atoms with Crippen molar-refractivity contribution in [3.8, 4) is 0 Å². The number of imide groups is 1. The van der Waals surface area contributed by atoms with Crippen molar-refractivity contribution >= 4 is 35.2 Å². The van der Waals surface area contributed by atoms with Gasteiger partial charge < -0.3 is 5.11 Å². The molecule has 1 heterocycles. The van der Waals surface area contributed by atoms with Gasteiger partial charge in [-0.2, -0.15) is 0 Å². The van der Waals surface area contributed by atoms with E-state index in [0.29, 0.717) is 11.4 Å². The fraction of sp³-hybridized carbons (Fsp3) is 0.308. The Bertz CT molecular complexity index is 503. The average Bonchev–Trinajstić information content (AvgIpc) is 2.65. The first-order valence-electron chi connectivity index (χ1n) is 5.85. The van der Waals surface area contributed by atoms with Crippen LogP contribution in [-0.4, -0.2) is 33.9 Å². The molecule has 1 saturated heterocycles. The Hall–Kier alpha value is -1.82. The number of carbonyl (C=O) groups excluding carboxylic acids is 2. The van der Waals surface area contributed by atoms with Gasteiger partial charge in [0.15, 0.2) is 0 Å². The van der Waals surface area contributed by atoms with Crippen LogP contribution in [-0.2, 0) is 14.4 Å². The minimum Gasteiger partial charge on any atom is -0.481 e. The summed E-state index contributed by atoms with van der Waals surface area (Å²) < 4.78 is 0. The van der Waals surface area contributed by atoms with E-state index in [4.69, 9.17) is 5.11 Å². The van der Waals surface area contributed by atoms with Crippen LogP contribution in [0.2, 0.25) is 0 Å². The van der Waals surface area contributed by atoms with Crippen LogP contribution in [0, 0.1) is 0 Å². The number of anilines is 1. The molecule has 1 aromatic rings. The van der Waals surface area contributed by atoms with Gasteiger partial charge >= 0.3 is 5.97 Å². The van der Waals surface area contributed by atoms with Crippen LogP contribution in [0.25, 0.3) is 0 Å². The highest BCUT2D eigenvalue weighted by Gasteiger charge is 2.39. The van der Waals surface area contributed by atoms with Crippen molar-refractivity contribution in [1.82, 2.24) is 0 Å². The van der Waals surface area contributed by atoms with Crippen molar-refractivity contribution in [3.63, 3.8) is 0 Å². The fourth-order valence-corrected chi connectivity index (χ4v) is 2.96. The summed E-state index contributed by atoms with van der Waals surface area (Å²) in [5, 5.41) is 8.09. The van der Waals surface area contributed by atoms with E-state index in [1.807, 2.05) is 6.07 Å². The third-order valence-electron chi connectivity index (χ3n) is 2.75. The molecule has 1 aliphatic rings. The van der Waals surface area contributed by atoms with Gasteiger partial charge in [-0.05, 0) is 12.1 Å². The van der Waals surface area contributed by atoms with Crippen LogP contribution in [0.15, 0.2) is 30.3 Å². The van der Waals surface area contributed by atoms with Gasteiger partial charge in [-0.1, -0.05) is 18.2 Å². The number of carboxylic acids is 1. The summed E-state index contributed by atoms with van der Waals surface area (Å²) in [7, 11) is 0. The lowest BCUT2D eigenvalue weighted by molar-refractivity contribution is -0.136. The number of nitrogens with zero attached hydrogens (tertiary/aromatic N) is 1. The molecule has 0 radical (unpaired) electrons. The van der Waals surface area contributed by atoms with E-state index < -0.39 is 11.2 Å². The molecule has 1 aliphatic heterocycles. The summed E-state index contributed by atoms with van der Waals surface area (Å²) in [6.07, 6.45) is 0.131. The number of para-hydroxylation sites is 1. The Morgan fingerprint density at radius 1 is 1.32 bits per heavy atom. The first-order chi connectivity index (χ1) is 9.09. The summed E-state index contributed by atoms with van der Waals surface area (Å²) in [5.74, 6) is -1.05. The lowest BCUT2D eigenvalue weighted by Crippen LogP contribution is -2.31. The molecule has 0 aliphatic carbocycles. The quantitative estimate of drug-likeness (QED) is 0.827. The van der Waals surface area contributed by atoms with Gasteiger partial charge in [0.1, 0.15) is 0 Å². The molecule has 19 heavy (non-hydrogen) atoms. The summed E-state index contributed by atoms with van der Waals surface area (Å²) >= 11 is 1.23. The lowest BCUT2D eigenvalue weighted by Gasteiger charge is -2.14. The highest BCUT2D eigenvalue weighted by atomic mass is 32.2. The van der Waals surface area contributed by atoms with Gasteiger partial charge in [0, 0.05) is 12.2 Å². The second-order valence-corrected chi connectivity index (χ2v) is 5.42. The smallest absolute Gasteiger partial charge is 0.304 e. The molecule has 1 atom stereocenters. The molecule has 2 rings (SSSR count). The van der Waals surface area contributed by atoms with Gasteiger partial charge in [0.2, 0.25) is 11.8 Å². The van der Waals surface area contributed by atoms with Crippen LogP contribution < -0.4 is 4.90 Å². The minimum absolute atomic E-state index is 0.00598. The third-order valence-corrected chi connectivity index (χ3v) is 3.97. The van der Waals surface area contributed by atoms with Crippen LogP contribution in [0.5, 0.6) is 0 Å². The van der Waals surface area contributed by atoms with Gasteiger partial charge in [0.05, 0.1) is 17.4 Å². The maximum atomic E-state index is 12.1. The number of hydrogen-bond acceptors (Lipinski definition) is 4. The highest BCUT2D eigenvalue weighted by Crippen LogP contribution is 2.29. The van der Waals surface area contributed by atoms with Gasteiger partial charge in [0.25, 0.3) is 0 Å². The normalized spacial score (nSPS) is 18.9. The second-order valence-electron chi connectivity index (χ2n) is 4.11. The largest absolute Gasteiger partial charge is 0.481 e. The molecule has 1 N–H and O–H groups in total. The van der Waals surface area contributed by atoms with E-state index in [1.54, 1.807) is 24.3 Å². The Morgan fingerprint density at radius 2 is 2.00 bits per heavy atom. The van der Waals surface area contributed by atoms with Crippen LogP contribution in [0.4, 0.5) is 5.69 Å². The van der Waals surface area contributed by atoms with E-state index in [9.17, 15) is 14.4 Å². The predicted octanol–water partition coefficient (Wildman–Crippen LogP) is 1.53. The molecule has 1 fully saturated rings. The highest BCUT2D eigenvalue weighted by molar-refractivity contribution is 8.00. The van der Waals surface area contributed by atoms with E-state index in [2.05, 4.69) is 0 Å². The Balaban J connectivity index is 2.03. The molecule has 0 saturated carbocycles. The number of rotatable bonds is 5. The van der Waals surface area contributed by atoms with Crippen molar-refractivity contribution in [2.45, 2.75) is 18.1 Å². The monoisotopic (exact) mass is 279 g/mol. The van der Waals surface area contributed by atoms with Gasteiger partial charge in [-0.3, -0.25) is 14.4 Å². The van der Waals surface area contributed by atoms with Crippen molar-refractivity contribution in [3.05, 3.63) is 30.3 Å². The number of carbonyl (C=O) groups is 3. The molecule has 1 aromatic carbocycles. The predicted molar refractivity (Wildman–Crippen MR) is 72.1 cm³/mol. The average molecular weight is 279 g/mol. The summed E-state index contributed by atoms with van der Waals surface area (Å²) in [6, 6.07) is 8.76. The number of hydrogen-bond donors (Lipinski definition) is 1. The lowest BCUT2D eigenvalue weighted by atomic mass is 10.3. The molecule has 2 amide bonds. The Morgan fingerprint density at radius 3 is 2.63 bits per heavy atom. The standard InChI is InChI=1S/C13H13NO4S/c15-11-8-10(19-7-6-12(16)17)13(18)14(11)9-4-2-1-3-5-9/h1-5,10H,6-8H2,(H,16,17)/t10-/m0/s1. The van der Waals surface area contributed by atoms with Crippen LogP contribution in [0.1, 0.15) is 12.8 Å². The van der Waals surface area contributed by atoms with E-state index in [-0.39, 0.29) is 24.7 Å². The van der Waals surface area contributed by atoms with Crippen LogP contribution >= 0.6 is 11.8 Å². The maximum Gasteiger partial charge on any atom is 0.304 e. The molecule has 100 valence electrons. The van der Waals surface area contributed by atoms with E-state index in [1.165, 1.54) is 16.7 Å².